The maximum atomic E-state index is 12.0. The van der Waals surface area contributed by atoms with Crippen LogP contribution < -0.4 is 10.5 Å². The van der Waals surface area contributed by atoms with Crippen LogP contribution in [0.5, 0.6) is 0 Å². The van der Waals surface area contributed by atoms with Crippen molar-refractivity contribution in [2.24, 2.45) is 11.1 Å². The summed E-state index contributed by atoms with van der Waals surface area (Å²) in [6.07, 6.45) is 1.61. The van der Waals surface area contributed by atoms with E-state index in [0.717, 1.165) is 18.4 Å². The Morgan fingerprint density at radius 2 is 1.70 bits per heavy atom. The van der Waals surface area contributed by atoms with Crippen molar-refractivity contribution in [2.75, 3.05) is 0 Å². The van der Waals surface area contributed by atoms with Crippen molar-refractivity contribution in [3.8, 4) is 0 Å². The highest BCUT2D eigenvalue weighted by atomic mass is 32.2. The van der Waals surface area contributed by atoms with Gasteiger partial charge in [0.15, 0.2) is 0 Å². The first-order chi connectivity index (χ1) is 9.29. The van der Waals surface area contributed by atoms with E-state index in [-0.39, 0.29) is 22.8 Å². The molecule has 0 saturated heterocycles. The summed E-state index contributed by atoms with van der Waals surface area (Å²) in [5.41, 5.74) is 0.844. The van der Waals surface area contributed by atoms with Gasteiger partial charge in [-0.25, -0.2) is 13.6 Å². The van der Waals surface area contributed by atoms with Gasteiger partial charge in [0.2, 0.25) is 15.9 Å². The van der Waals surface area contributed by atoms with Crippen molar-refractivity contribution in [2.45, 2.75) is 44.6 Å². The smallest absolute Gasteiger partial charge is 0.238 e. The monoisotopic (exact) mass is 298 g/mol. The van der Waals surface area contributed by atoms with E-state index < -0.39 is 10.0 Å². The zero-order valence-electron chi connectivity index (χ0n) is 12.1. The molecule has 0 aliphatic heterocycles. The summed E-state index contributed by atoms with van der Waals surface area (Å²) >= 11 is 0. The van der Waals surface area contributed by atoms with E-state index >= 15 is 0 Å². The first-order valence-corrected chi connectivity index (χ1v) is 8.27. The zero-order chi connectivity index (χ0) is 15.3. The molecule has 0 spiro atoms. The van der Waals surface area contributed by atoms with Gasteiger partial charge < -0.3 is 5.32 Å². The van der Waals surface area contributed by atoms with Gasteiger partial charge in [0.05, 0.1) is 10.9 Å². The van der Waals surface area contributed by atoms with Crippen molar-refractivity contribution < 1.29 is 13.2 Å². The van der Waals surface area contributed by atoms with Crippen LogP contribution in [-0.4, -0.2) is 14.3 Å². The molecule has 0 radical (unpaired) electrons. The fourth-order valence-electron chi connectivity index (χ4n) is 2.02. The Labute approximate surface area is 120 Å². The highest BCUT2D eigenvalue weighted by molar-refractivity contribution is 7.89. The lowest BCUT2D eigenvalue weighted by atomic mass is 10.0. The molecule has 5 nitrogen and oxygen atoms in total. The average molecular weight is 298 g/mol. The lowest BCUT2D eigenvalue weighted by Gasteiger charge is -2.18. The largest absolute Gasteiger partial charge is 0.349 e. The predicted octanol–water partition coefficient (Wildman–Crippen LogP) is 1.95. The number of hydrogen-bond acceptors (Lipinski definition) is 3. The first-order valence-electron chi connectivity index (χ1n) is 6.72. The Hall–Kier alpha value is -1.40. The Balaban J connectivity index is 2.78. The third kappa shape index (κ3) is 4.31. The van der Waals surface area contributed by atoms with E-state index in [2.05, 4.69) is 5.32 Å². The number of carbonyl (C=O) groups is 1. The third-order valence-corrected chi connectivity index (χ3v) is 4.35. The van der Waals surface area contributed by atoms with Crippen LogP contribution in [0, 0.1) is 5.92 Å². The number of rotatable bonds is 6. The second-order valence-corrected chi connectivity index (χ2v) is 6.42. The highest BCUT2D eigenvalue weighted by Crippen LogP contribution is 2.17. The number of nitrogens with one attached hydrogen (secondary N) is 1. The number of nitrogens with two attached hydrogens (primary N) is 1. The van der Waals surface area contributed by atoms with Crippen LogP contribution >= 0.6 is 0 Å². The van der Waals surface area contributed by atoms with Gasteiger partial charge in [0.25, 0.3) is 0 Å². The summed E-state index contributed by atoms with van der Waals surface area (Å²) in [6.45, 7) is 5.84. The van der Waals surface area contributed by atoms with Crippen LogP contribution in [0.25, 0.3) is 0 Å². The zero-order valence-corrected chi connectivity index (χ0v) is 12.9. The average Bonchev–Trinajstić information content (AvgIpc) is 2.39. The normalized spacial score (nSPS) is 13.2. The molecule has 1 aromatic carbocycles. The van der Waals surface area contributed by atoms with Crippen LogP contribution in [0.4, 0.5) is 0 Å². The SMILES string of the molecule is CCC(CC)C(=O)NC(C)c1ccc(S(N)(=O)=O)cc1. The van der Waals surface area contributed by atoms with Crippen LogP contribution in [-0.2, 0) is 14.8 Å². The van der Waals surface area contributed by atoms with Crippen molar-refractivity contribution in [1.29, 1.82) is 0 Å². The molecule has 1 unspecified atom stereocenters. The molecule has 0 saturated carbocycles. The van der Waals surface area contributed by atoms with Crippen molar-refractivity contribution in [3.05, 3.63) is 29.8 Å². The number of amides is 1. The number of sulfonamides is 1. The van der Waals surface area contributed by atoms with E-state index in [1.54, 1.807) is 12.1 Å². The van der Waals surface area contributed by atoms with E-state index in [1.165, 1.54) is 12.1 Å². The molecule has 112 valence electrons. The summed E-state index contributed by atoms with van der Waals surface area (Å²) in [5.74, 6) is 0.0409. The molecule has 3 N–H and O–H groups in total. The molecule has 0 aromatic heterocycles. The molecule has 0 bridgehead atoms. The number of carbonyl (C=O) groups excluding carboxylic acids is 1. The summed E-state index contributed by atoms with van der Waals surface area (Å²) in [5, 5.41) is 7.98. The number of hydrogen-bond donors (Lipinski definition) is 2. The molecule has 0 fully saturated rings. The van der Waals surface area contributed by atoms with Crippen LogP contribution in [0.1, 0.15) is 45.2 Å². The molecule has 0 aliphatic carbocycles. The van der Waals surface area contributed by atoms with Gasteiger partial charge in [-0.15, -0.1) is 0 Å². The lowest BCUT2D eigenvalue weighted by molar-refractivity contribution is -0.125. The van der Waals surface area contributed by atoms with Crippen LogP contribution in [0.15, 0.2) is 29.2 Å². The van der Waals surface area contributed by atoms with E-state index in [1.807, 2.05) is 20.8 Å². The molecule has 6 heteroatoms. The Bertz CT molecular complexity index is 548. The molecule has 1 amide bonds. The molecule has 20 heavy (non-hydrogen) atoms. The first kappa shape index (κ1) is 16.7. The van der Waals surface area contributed by atoms with Gasteiger partial charge in [-0.3, -0.25) is 4.79 Å². The summed E-state index contributed by atoms with van der Waals surface area (Å²) in [6, 6.07) is 6.06. The highest BCUT2D eigenvalue weighted by Gasteiger charge is 2.17. The molecule has 1 atom stereocenters. The van der Waals surface area contributed by atoms with Gasteiger partial charge >= 0.3 is 0 Å². The topological polar surface area (TPSA) is 89.3 Å². The number of benzene rings is 1. The minimum Gasteiger partial charge on any atom is -0.349 e. The van der Waals surface area contributed by atoms with Crippen LogP contribution in [0.3, 0.4) is 0 Å². The lowest BCUT2D eigenvalue weighted by Crippen LogP contribution is -2.32. The fourth-order valence-corrected chi connectivity index (χ4v) is 2.54. The minimum atomic E-state index is -3.68. The molecule has 0 aliphatic rings. The van der Waals surface area contributed by atoms with E-state index in [4.69, 9.17) is 5.14 Å². The van der Waals surface area contributed by atoms with E-state index in [9.17, 15) is 13.2 Å². The van der Waals surface area contributed by atoms with Gasteiger partial charge in [-0.05, 0) is 37.5 Å². The van der Waals surface area contributed by atoms with E-state index in [0.29, 0.717) is 0 Å². The van der Waals surface area contributed by atoms with Gasteiger partial charge in [-0.1, -0.05) is 26.0 Å². The van der Waals surface area contributed by atoms with Gasteiger partial charge in [0.1, 0.15) is 0 Å². The third-order valence-electron chi connectivity index (χ3n) is 3.42. The maximum Gasteiger partial charge on any atom is 0.238 e. The van der Waals surface area contributed by atoms with Crippen LogP contribution in [0.2, 0.25) is 0 Å². The molecule has 0 heterocycles. The molecular weight excluding hydrogens is 276 g/mol. The summed E-state index contributed by atoms with van der Waals surface area (Å²) < 4.78 is 22.3. The predicted molar refractivity (Wildman–Crippen MR) is 78.4 cm³/mol. The van der Waals surface area contributed by atoms with Gasteiger partial charge in [0, 0.05) is 5.92 Å². The van der Waals surface area contributed by atoms with Crippen molar-refractivity contribution in [3.63, 3.8) is 0 Å². The molecular formula is C14H22N2O3S. The second-order valence-electron chi connectivity index (χ2n) is 4.86. The Kier molecular flexibility index (Phi) is 5.71. The standard InChI is InChI=1S/C14H22N2O3S/c1-4-11(5-2)14(17)16-10(3)12-6-8-13(9-7-12)20(15,18)19/h6-11H,4-5H2,1-3H3,(H,16,17)(H2,15,18,19). The molecule has 1 aromatic rings. The quantitative estimate of drug-likeness (QED) is 0.841. The Morgan fingerprint density at radius 3 is 2.10 bits per heavy atom. The summed E-state index contributed by atoms with van der Waals surface area (Å²) in [4.78, 5) is 12.1. The number of primary sulfonamides is 1. The van der Waals surface area contributed by atoms with Crippen molar-refractivity contribution >= 4 is 15.9 Å². The summed E-state index contributed by atoms with van der Waals surface area (Å²) in [7, 11) is -3.68. The Morgan fingerprint density at radius 1 is 1.20 bits per heavy atom. The minimum absolute atomic E-state index is 0.0149. The fraction of sp³-hybridized carbons (Fsp3) is 0.500. The molecule has 1 rings (SSSR count). The second kappa shape index (κ2) is 6.85. The van der Waals surface area contributed by atoms with Crippen molar-refractivity contribution in [1.82, 2.24) is 5.32 Å². The van der Waals surface area contributed by atoms with Gasteiger partial charge in [-0.2, -0.15) is 0 Å². The maximum absolute atomic E-state index is 12.0.